The fourth-order valence-electron chi connectivity index (χ4n) is 1.05. The van der Waals surface area contributed by atoms with E-state index in [4.69, 9.17) is 15.2 Å². The van der Waals surface area contributed by atoms with Crippen molar-refractivity contribution >= 4 is 22.6 Å². The highest BCUT2D eigenvalue weighted by molar-refractivity contribution is 14.1. The van der Waals surface area contributed by atoms with Gasteiger partial charge in [0.15, 0.2) is 0 Å². The Morgan fingerprint density at radius 1 is 1.31 bits per heavy atom. The highest BCUT2D eigenvalue weighted by Crippen LogP contribution is 2.30. The van der Waals surface area contributed by atoms with Crippen molar-refractivity contribution in [1.29, 1.82) is 0 Å². The van der Waals surface area contributed by atoms with Gasteiger partial charge >= 0.3 is 0 Å². The van der Waals surface area contributed by atoms with Crippen molar-refractivity contribution in [3.05, 3.63) is 23.8 Å². The van der Waals surface area contributed by atoms with Crippen LogP contribution in [0.3, 0.4) is 0 Å². The first-order chi connectivity index (χ1) is 6.19. The molecule has 0 bridgehead atoms. The molecule has 0 spiro atoms. The molecule has 0 amide bonds. The van der Waals surface area contributed by atoms with Crippen LogP contribution in [0.15, 0.2) is 18.2 Å². The van der Waals surface area contributed by atoms with Crippen LogP contribution in [0, 0.1) is 0 Å². The molecule has 0 heterocycles. The van der Waals surface area contributed by atoms with Crippen molar-refractivity contribution in [3.63, 3.8) is 0 Å². The Hall–Kier alpha value is -0.490. The number of rotatable bonds is 3. The summed E-state index contributed by atoms with van der Waals surface area (Å²) in [6, 6.07) is 5.61. The quantitative estimate of drug-likeness (QED) is 0.527. The fourth-order valence-corrected chi connectivity index (χ4v) is 1.56. The number of halogens is 1. The molecule has 0 saturated heterocycles. The maximum Gasteiger partial charge on any atom is 0.128 e. The first-order valence-corrected chi connectivity index (χ1v) is 5.05. The number of hydrogen-bond acceptors (Lipinski definition) is 3. The molecule has 0 fully saturated rings. The molecular formula is C9H12INO2. The lowest BCUT2D eigenvalue weighted by Crippen LogP contribution is -2.03. The van der Waals surface area contributed by atoms with Crippen LogP contribution < -0.4 is 15.2 Å². The summed E-state index contributed by atoms with van der Waals surface area (Å²) < 4.78 is 10.2. The Bertz CT molecular complexity index is 289. The van der Waals surface area contributed by atoms with Gasteiger partial charge in [-0.25, -0.2) is 0 Å². The molecule has 1 rings (SSSR count). The Kier molecular flexibility index (Phi) is 3.80. The third kappa shape index (κ3) is 2.47. The van der Waals surface area contributed by atoms with Gasteiger partial charge in [0.1, 0.15) is 11.5 Å². The van der Waals surface area contributed by atoms with Crippen LogP contribution >= 0.6 is 22.6 Å². The topological polar surface area (TPSA) is 44.5 Å². The average Bonchev–Trinajstić information content (AvgIpc) is 2.16. The molecule has 72 valence electrons. The van der Waals surface area contributed by atoms with E-state index >= 15 is 0 Å². The SMILES string of the molecule is COc1ccc(C(N)I)c(OC)c1. The normalized spacial score (nSPS) is 12.3. The molecule has 0 aliphatic carbocycles. The van der Waals surface area contributed by atoms with Gasteiger partial charge in [0.2, 0.25) is 0 Å². The van der Waals surface area contributed by atoms with Crippen molar-refractivity contribution in [2.24, 2.45) is 5.73 Å². The van der Waals surface area contributed by atoms with Crippen LogP contribution in [0.2, 0.25) is 0 Å². The Morgan fingerprint density at radius 3 is 2.46 bits per heavy atom. The Labute approximate surface area is 91.4 Å². The average molecular weight is 293 g/mol. The molecular weight excluding hydrogens is 281 g/mol. The standard InChI is InChI=1S/C9H12INO2/c1-12-6-3-4-7(9(10)11)8(5-6)13-2/h3-5,9H,11H2,1-2H3. The molecule has 1 atom stereocenters. The predicted octanol–water partition coefficient (Wildman–Crippen LogP) is 2.10. The van der Waals surface area contributed by atoms with Crippen LogP contribution in [0.4, 0.5) is 0 Å². The van der Waals surface area contributed by atoms with Gasteiger partial charge in [-0.15, -0.1) is 0 Å². The van der Waals surface area contributed by atoms with E-state index in [9.17, 15) is 0 Å². The van der Waals surface area contributed by atoms with E-state index in [0.717, 1.165) is 17.1 Å². The van der Waals surface area contributed by atoms with Crippen molar-refractivity contribution in [2.45, 2.75) is 4.05 Å². The first-order valence-electron chi connectivity index (χ1n) is 3.80. The zero-order valence-corrected chi connectivity index (χ0v) is 9.74. The zero-order chi connectivity index (χ0) is 9.84. The largest absolute Gasteiger partial charge is 0.497 e. The number of alkyl halides is 1. The van der Waals surface area contributed by atoms with Crippen molar-refractivity contribution in [1.82, 2.24) is 0 Å². The van der Waals surface area contributed by atoms with Crippen LogP contribution in [-0.2, 0) is 0 Å². The number of hydrogen-bond donors (Lipinski definition) is 1. The van der Waals surface area contributed by atoms with Gasteiger partial charge < -0.3 is 15.2 Å². The van der Waals surface area contributed by atoms with Gasteiger partial charge in [0.05, 0.1) is 18.3 Å². The summed E-state index contributed by atoms with van der Waals surface area (Å²) >= 11 is 2.14. The van der Waals surface area contributed by atoms with Gasteiger partial charge in [-0.3, -0.25) is 0 Å². The molecule has 4 heteroatoms. The number of nitrogens with two attached hydrogens (primary N) is 1. The third-order valence-electron chi connectivity index (χ3n) is 1.74. The summed E-state index contributed by atoms with van der Waals surface area (Å²) in [6.45, 7) is 0. The smallest absolute Gasteiger partial charge is 0.128 e. The Balaban J connectivity index is 3.08. The lowest BCUT2D eigenvalue weighted by molar-refractivity contribution is 0.391. The maximum absolute atomic E-state index is 5.75. The molecule has 0 aliphatic rings. The molecule has 1 aromatic carbocycles. The van der Waals surface area contributed by atoms with E-state index in [1.807, 2.05) is 18.2 Å². The van der Waals surface area contributed by atoms with Crippen molar-refractivity contribution in [2.75, 3.05) is 14.2 Å². The summed E-state index contributed by atoms with van der Waals surface area (Å²) in [7, 11) is 3.25. The molecule has 0 saturated carbocycles. The monoisotopic (exact) mass is 293 g/mol. The Morgan fingerprint density at radius 2 is 2.00 bits per heavy atom. The molecule has 0 radical (unpaired) electrons. The number of ether oxygens (including phenoxy) is 2. The predicted molar refractivity (Wildman–Crippen MR) is 60.5 cm³/mol. The second-order valence-corrected chi connectivity index (χ2v) is 3.85. The van der Waals surface area contributed by atoms with Crippen LogP contribution in [0.5, 0.6) is 11.5 Å². The van der Waals surface area contributed by atoms with Gasteiger partial charge in [-0.2, -0.15) is 0 Å². The van der Waals surface area contributed by atoms with E-state index in [2.05, 4.69) is 22.6 Å². The lowest BCUT2D eigenvalue weighted by Gasteiger charge is -2.11. The minimum Gasteiger partial charge on any atom is -0.497 e. The number of benzene rings is 1. The first kappa shape index (κ1) is 10.6. The lowest BCUT2D eigenvalue weighted by atomic mass is 10.2. The van der Waals surface area contributed by atoms with Gasteiger partial charge in [-0.05, 0) is 12.1 Å². The molecule has 0 aromatic heterocycles. The van der Waals surface area contributed by atoms with Gasteiger partial charge in [0, 0.05) is 11.6 Å². The minimum atomic E-state index is -0.0570. The van der Waals surface area contributed by atoms with Crippen molar-refractivity contribution in [3.8, 4) is 11.5 Å². The van der Waals surface area contributed by atoms with Gasteiger partial charge in [0.25, 0.3) is 0 Å². The third-order valence-corrected chi connectivity index (χ3v) is 2.41. The van der Waals surface area contributed by atoms with E-state index in [0.29, 0.717) is 0 Å². The fraction of sp³-hybridized carbons (Fsp3) is 0.333. The minimum absolute atomic E-state index is 0.0570. The van der Waals surface area contributed by atoms with E-state index < -0.39 is 0 Å². The molecule has 1 aromatic rings. The van der Waals surface area contributed by atoms with Crippen LogP contribution in [0.1, 0.15) is 9.61 Å². The van der Waals surface area contributed by atoms with Crippen LogP contribution in [0.25, 0.3) is 0 Å². The summed E-state index contributed by atoms with van der Waals surface area (Å²) in [6.07, 6.45) is 0. The number of methoxy groups -OCH3 is 2. The van der Waals surface area contributed by atoms with Gasteiger partial charge in [-0.1, -0.05) is 22.6 Å². The summed E-state index contributed by atoms with van der Waals surface area (Å²) in [5, 5.41) is 0. The summed E-state index contributed by atoms with van der Waals surface area (Å²) in [4.78, 5) is 0. The summed E-state index contributed by atoms with van der Waals surface area (Å²) in [5.74, 6) is 1.54. The van der Waals surface area contributed by atoms with E-state index in [-0.39, 0.29) is 4.05 Å². The zero-order valence-electron chi connectivity index (χ0n) is 7.58. The van der Waals surface area contributed by atoms with Crippen molar-refractivity contribution < 1.29 is 9.47 Å². The highest BCUT2D eigenvalue weighted by atomic mass is 127. The molecule has 2 N–H and O–H groups in total. The second-order valence-electron chi connectivity index (χ2n) is 2.51. The molecule has 1 unspecified atom stereocenters. The van der Waals surface area contributed by atoms with E-state index in [1.54, 1.807) is 14.2 Å². The maximum atomic E-state index is 5.75. The molecule has 13 heavy (non-hydrogen) atoms. The molecule has 3 nitrogen and oxygen atoms in total. The molecule has 0 aliphatic heterocycles. The highest BCUT2D eigenvalue weighted by Gasteiger charge is 2.09. The van der Waals surface area contributed by atoms with E-state index in [1.165, 1.54) is 0 Å². The summed E-state index contributed by atoms with van der Waals surface area (Å²) in [5.41, 5.74) is 6.72. The van der Waals surface area contributed by atoms with Crippen LogP contribution in [-0.4, -0.2) is 14.2 Å². The second kappa shape index (κ2) is 4.66.